The fraction of sp³-hybridized carbons (Fsp3) is 0.625. The summed E-state index contributed by atoms with van der Waals surface area (Å²) in [6.07, 6.45) is -0.131. The Morgan fingerprint density at radius 1 is 0.292 bits per heavy atom. The Morgan fingerprint density at radius 3 is 0.694 bits per heavy atom. The summed E-state index contributed by atoms with van der Waals surface area (Å²) in [5.41, 5.74) is 0. The number of allylic oxidation sites excluding steroid dienone is 6. The molecule has 0 heterocycles. The van der Waals surface area contributed by atoms with E-state index in [4.69, 9.17) is 56.8 Å². The molecule has 0 bridgehead atoms. The fourth-order valence-electron chi connectivity index (χ4n) is 5.32. The molecule has 0 fully saturated rings. The van der Waals surface area contributed by atoms with Gasteiger partial charge in [0, 0.05) is 36.5 Å². The number of ether oxygens (including phenoxy) is 12. The second-order valence-electron chi connectivity index (χ2n) is 15.1. The summed E-state index contributed by atoms with van der Waals surface area (Å²) in [6.45, 7) is 1.23. The quantitative estimate of drug-likeness (QED) is 0.0254. The fourth-order valence-corrected chi connectivity index (χ4v) is 5.32. The number of aliphatic hydroxyl groups is 6. The summed E-state index contributed by atoms with van der Waals surface area (Å²) >= 11 is 0. The monoisotopic (exact) mass is 1030 g/mol. The van der Waals surface area contributed by atoms with Gasteiger partial charge in [0.15, 0.2) is 0 Å². The van der Waals surface area contributed by atoms with E-state index in [2.05, 4.69) is 0 Å². The summed E-state index contributed by atoms with van der Waals surface area (Å²) in [4.78, 5) is 72.2. The standard InChI is InChI=1S/C48H74O24/c1-7-13-41(55)65-23-33(49)19-61-31-39(63-21-35(51)25-67-43(57)15-9-3)47(71-29-37(53)27-69-45(59)17-11-5)48(72-30-38(54)28-70-46(60)18-12-6)40(64-22-36(52)26-68-44(58)16-10-4)32-62-20-34(50)24-66-42(56)14-8-2/h7-18,33-40,47-54H,19-32H2,1-6H3/t33?,34?,35?,36?,37?,38?,39-,40-,47-,48-/m1/s1. The first-order valence-corrected chi connectivity index (χ1v) is 22.9. The lowest BCUT2D eigenvalue weighted by Crippen LogP contribution is -2.55. The minimum atomic E-state index is -1.64. The van der Waals surface area contributed by atoms with Crippen LogP contribution in [-0.4, -0.2) is 220 Å². The maximum absolute atomic E-state index is 12.1. The molecule has 0 radical (unpaired) electrons. The van der Waals surface area contributed by atoms with Crippen LogP contribution in [-0.2, 0) is 85.6 Å². The molecule has 0 spiro atoms. The molecule has 0 aromatic heterocycles. The lowest BCUT2D eigenvalue weighted by atomic mass is 10.0. The zero-order valence-corrected chi connectivity index (χ0v) is 41.6. The third-order valence-corrected chi connectivity index (χ3v) is 8.53. The van der Waals surface area contributed by atoms with Crippen molar-refractivity contribution >= 4 is 35.8 Å². The van der Waals surface area contributed by atoms with Crippen LogP contribution in [0.4, 0.5) is 0 Å². The lowest BCUT2D eigenvalue weighted by Gasteiger charge is -2.38. The van der Waals surface area contributed by atoms with E-state index in [-0.39, 0.29) is 0 Å². The van der Waals surface area contributed by atoms with Crippen LogP contribution in [0.1, 0.15) is 41.5 Å². The predicted octanol–water partition coefficient (Wildman–Crippen LogP) is -0.558. The van der Waals surface area contributed by atoms with Crippen molar-refractivity contribution in [2.75, 3.05) is 92.5 Å². The smallest absolute Gasteiger partial charge is 0.330 e. The Hall–Kier alpha value is -5.22. The average Bonchev–Trinajstić information content (AvgIpc) is 3.34. The number of aliphatic hydroxyl groups excluding tert-OH is 6. The molecule has 0 rings (SSSR count). The Kier molecular flexibility index (Phi) is 39.2. The van der Waals surface area contributed by atoms with Crippen molar-refractivity contribution in [3.8, 4) is 0 Å². The normalized spacial score (nSPS) is 16.3. The van der Waals surface area contributed by atoms with E-state index in [0.717, 1.165) is 36.5 Å². The first-order valence-electron chi connectivity index (χ1n) is 22.9. The van der Waals surface area contributed by atoms with E-state index in [1.54, 1.807) is 41.5 Å². The first kappa shape index (κ1) is 66.8. The predicted molar refractivity (Wildman–Crippen MR) is 251 cm³/mol. The number of carbonyl (C=O) groups excluding carboxylic acids is 6. The number of rotatable bonds is 41. The second kappa shape index (κ2) is 42.3. The van der Waals surface area contributed by atoms with Crippen LogP contribution in [0.5, 0.6) is 0 Å². The summed E-state index contributed by atoms with van der Waals surface area (Å²) in [5, 5.41) is 65.1. The summed E-state index contributed by atoms with van der Waals surface area (Å²) < 4.78 is 66.6. The van der Waals surface area contributed by atoms with E-state index >= 15 is 0 Å². The number of carbonyl (C=O) groups is 6. The molecule has 24 nitrogen and oxygen atoms in total. The molecule has 0 aliphatic heterocycles. The van der Waals surface area contributed by atoms with Gasteiger partial charge >= 0.3 is 35.8 Å². The molecule has 410 valence electrons. The van der Waals surface area contributed by atoms with Gasteiger partial charge in [0.05, 0.1) is 52.9 Å². The summed E-state index contributed by atoms with van der Waals surface area (Å²) in [5.74, 6) is -4.66. The van der Waals surface area contributed by atoms with Gasteiger partial charge in [-0.2, -0.15) is 0 Å². The van der Waals surface area contributed by atoms with E-state index in [1.807, 2.05) is 0 Å². The Balaban J connectivity index is 7.58. The highest BCUT2D eigenvalue weighted by molar-refractivity contribution is 5.83. The third kappa shape index (κ3) is 35.0. The van der Waals surface area contributed by atoms with Crippen LogP contribution < -0.4 is 0 Å². The molecular formula is C48H74O24. The van der Waals surface area contributed by atoms with Gasteiger partial charge in [-0.1, -0.05) is 36.5 Å². The molecule has 6 N–H and O–H groups in total. The SMILES string of the molecule is CC=CC(=O)OCC(O)COC[C@@H](OCC(O)COC(=O)C=CC)[C@@H](OCC(O)COC(=O)C=CC)[C@H](OCC(O)COC(=O)C=CC)[C@@H](COCC(O)COC(=O)C=CC)OCC(O)COC(=O)C=CC. The number of hydrogen-bond acceptors (Lipinski definition) is 24. The van der Waals surface area contributed by atoms with Crippen molar-refractivity contribution in [3.05, 3.63) is 72.9 Å². The van der Waals surface area contributed by atoms with Gasteiger partial charge in [-0.05, 0) is 41.5 Å². The minimum absolute atomic E-state index is 0.509. The van der Waals surface area contributed by atoms with Crippen molar-refractivity contribution in [2.45, 2.75) is 103 Å². The largest absolute Gasteiger partial charge is 0.460 e. The molecule has 10 atom stereocenters. The van der Waals surface area contributed by atoms with Gasteiger partial charge in [-0.15, -0.1) is 0 Å². The molecule has 0 aromatic rings. The molecule has 6 unspecified atom stereocenters. The zero-order valence-electron chi connectivity index (χ0n) is 41.6. The van der Waals surface area contributed by atoms with Gasteiger partial charge in [0.1, 0.15) is 101 Å². The molecular weight excluding hydrogens is 961 g/mol. The van der Waals surface area contributed by atoms with Crippen LogP contribution in [0.25, 0.3) is 0 Å². The second-order valence-corrected chi connectivity index (χ2v) is 15.1. The van der Waals surface area contributed by atoms with Crippen LogP contribution in [0.3, 0.4) is 0 Å². The van der Waals surface area contributed by atoms with Crippen molar-refractivity contribution in [1.29, 1.82) is 0 Å². The molecule has 0 aliphatic rings. The van der Waals surface area contributed by atoms with Crippen molar-refractivity contribution in [1.82, 2.24) is 0 Å². The Labute approximate surface area is 419 Å². The minimum Gasteiger partial charge on any atom is -0.460 e. The van der Waals surface area contributed by atoms with Crippen LogP contribution in [0.15, 0.2) is 72.9 Å². The van der Waals surface area contributed by atoms with Gasteiger partial charge in [-0.3, -0.25) is 0 Å². The van der Waals surface area contributed by atoms with Gasteiger partial charge in [0.25, 0.3) is 0 Å². The molecule has 72 heavy (non-hydrogen) atoms. The van der Waals surface area contributed by atoms with E-state index in [1.165, 1.54) is 36.5 Å². The van der Waals surface area contributed by atoms with Gasteiger partial charge in [-0.25, -0.2) is 28.8 Å². The van der Waals surface area contributed by atoms with E-state index < -0.39 is 189 Å². The highest BCUT2D eigenvalue weighted by Gasteiger charge is 2.40. The molecule has 24 heteroatoms. The van der Waals surface area contributed by atoms with Crippen molar-refractivity contribution in [3.63, 3.8) is 0 Å². The molecule has 0 saturated carbocycles. The summed E-state index contributed by atoms with van der Waals surface area (Å²) in [7, 11) is 0. The van der Waals surface area contributed by atoms with Gasteiger partial charge < -0.3 is 87.5 Å². The van der Waals surface area contributed by atoms with E-state index in [9.17, 15) is 59.4 Å². The topological polar surface area (TPSA) is 335 Å². The maximum Gasteiger partial charge on any atom is 0.330 e. The first-order chi connectivity index (χ1) is 34.4. The maximum atomic E-state index is 12.1. The van der Waals surface area contributed by atoms with Crippen LogP contribution in [0, 0.1) is 0 Å². The van der Waals surface area contributed by atoms with Crippen molar-refractivity contribution < 1.29 is 116 Å². The third-order valence-electron chi connectivity index (χ3n) is 8.53. The zero-order chi connectivity index (χ0) is 54.1. The Morgan fingerprint density at radius 2 is 0.486 bits per heavy atom. The van der Waals surface area contributed by atoms with Crippen LogP contribution >= 0.6 is 0 Å². The van der Waals surface area contributed by atoms with Gasteiger partial charge in [0.2, 0.25) is 0 Å². The molecule has 0 aromatic carbocycles. The number of hydrogen-bond donors (Lipinski definition) is 6. The lowest BCUT2D eigenvalue weighted by molar-refractivity contribution is -0.219. The van der Waals surface area contributed by atoms with E-state index in [0.29, 0.717) is 0 Å². The highest BCUT2D eigenvalue weighted by atomic mass is 16.6. The Bertz CT molecular complexity index is 1590. The highest BCUT2D eigenvalue weighted by Crippen LogP contribution is 2.22. The van der Waals surface area contributed by atoms with Crippen molar-refractivity contribution in [2.24, 2.45) is 0 Å². The molecule has 0 amide bonds. The summed E-state index contributed by atoms with van der Waals surface area (Å²) in [6, 6.07) is 0. The average molecular weight is 1040 g/mol. The van der Waals surface area contributed by atoms with Crippen LogP contribution in [0.2, 0.25) is 0 Å². The number of esters is 6. The molecule has 0 aliphatic carbocycles. The molecule has 0 saturated heterocycles.